The number of hydrogen-bond donors (Lipinski definition) is 1. The van der Waals surface area contributed by atoms with Gasteiger partial charge in [0.15, 0.2) is 0 Å². The summed E-state index contributed by atoms with van der Waals surface area (Å²) in [6, 6.07) is 10.1. The lowest BCUT2D eigenvalue weighted by atomic mass is 10.1. The monoisotopic (exact) mass is 340 g/mol. The van der Waals surface area contributed by atoms with Gasteiger partial charge in [0, 0.05) is 26.3 Å². The molecule has 6 heteroatoms. The molecular weight excluding hydrogens is 316 g/mol. The number of nitrogens with one attached hydrogen (secondary N) is 1. The smallest absolute Gasteiger partial charge is 0.317 e. The molecule has 132 valence electrons. The van der Waals surface area contributed by atoms with Crippen LogP contribution in [0, 0.1) is 0 Å². The number of rotatable bonds is 5. The molecule has 6 nitrogen and oxygen atoms in total. The van der Waals surface area contributed by atoms with Crippen molar-refractivity contribution in [2.75, 3.05) is 26.2 Å². The van der Waals surface area contributed by atoms with Gasteiger partial charge in [-0.2, -0.15) is 5.10 Å². The van der Waals surface area contributed by atoms with Gasteiger partial charge in [0.25, 0.3) is 0 Å². The number of nitrogens with zero attached hydrogens (tertiary/aromatic N) is 3. The summed E-state index contributed by atoms with van der Waals surface area (Å²) in [6.07, 6.45) is 4.25. The number of urea groups is 1. The van der Waals surface area contributed by atoms with Gasteiger partial charge in [0.2, 0.25) is 0 Å². The van der Waals surface area contributed by atoms with Crippen molar-refractivity contribution in [3.63, 3.8) is 0 Å². The molecule has 0 saturated carbocycles. The average Bonchev–Trinajstić information content (AvgIpc) is 3.08. The molecule has 3 rings (SSSR count). The van der Waals surface area contributed by atoms with E-state index in [4.69, 9.17) is 4.74 Å². The Labute approximate surface area is 148 Å². The lowest BCUT2D eigenvalue weighted by Gasteiger charge is -2.33. The van der Waals surface area contributed by atoms with E-state index >= 15 is 0 Å². The molecule has 1 fully saturated rings. The third-order valence-electron chi connectivity index (χ3n) is 4.45. The molecule has 2 amide bonds. The molecule has 1 saturated heterocycles. The van der Waals surface area contributed by atoms with Crippen LogP contribution in [0.15, 0.2) is 43.1 Å². The second-order valence-electron chi connectivity index (χ2n) is 6.11. The second-order valence-corrected chi connectivity index (χ2v) is 6.11. The first-order valence-electron chi connectivity index (χ1n) is 8.51. The van der Waals surface area contributed by atoms with Crippen molar-refractivity contribution in [1.29, 1.82) is 0 Å². The van der Waals surface area contributed by atoms with Gasteiger partial charge in [0.1, 0.15) is 6.10 Å². The molecule has 1 aromatic heterocycles. The molecule has 1 atom stereocenters. The van der Waals surface area contributed by atoms with E-state index in [1.807, 2.05) is 36.2 Å². The minimum absolute atomic E-state index is 0.0434. The average molecular weight is 340 g/mol. The quantitative estimate of drug-likeness (QED) is 0.909. The van der Waals surface area contributed by atoms with E-state index in [-0.39, 0.29) is 12.1 Å². The van der Waals surface area contributed by atoms with Crippen molar-refractivity contribution in [3.05, 3.63) is 59.9 Å². The molecule has 1 aromatic carbocycles. The number of amides is 2. The number of aryl methyl sites for hydroxylation is 1. The van der Waals surface area contributed by atoms with Crippen LogP contribution in [0.3, 0.4) is 0 Å². The Morgan fingerprint density at radius 2 is 2.20 bits per heavy atom. The summed E-state index contributed by atoms with van der Waals surface area (Å²) in [4.78, 5) is 14.2. The molecule has 25 heavy (non-hydrogen) atoms. The number of ether oxygens (including phenoxy) is 1. The molecule has 0 aliphatic carbocycles. The van der Waals surface area contributed by atoms with E-state index in [0.717, 1.165) is 17.7 Å². The van der Waals surface area contributed by atoms with Gasteiger partial charge in [0.05, 0.1) is 18.8 Å². The normalized spacial score (nSPS) is 17.3. The minimum atomic E-state index is -0.126. The van der Waals surface area contributed by atoms with Gasteiger partial charge < -0.3 is 15.0 Å². The van der Waals surface area contributed by atoms with E-state index in [1.165, 1.54) is 5.56 Å². The molecular formula is C19H24N4O2. The van der Waals surface area contributed by atoms with Crippen molar-refractivity contribution in [1.82, 2.24) is 20.0 Å². The van der Waals surface area contributed by atoms with Crippen LogP contribution in [0.2, 0.25) is 0 Å². The topological polar surface area (TPSA) is 59.4 Å². The summed E-state index contributed by atoms with van der Waals surface area (Å²) < 4.78 is 7.58. The molecule has 0 bridgehead atoms. The third kappa shape index (κ3) is 4.28. The highest BCUT2D eigenvalue weighted by Crippen LogP contribution is 2.21. The third-order valence-corrected chi connectivity index (χ3v) is 4.45. The summed E-state index contributed by atoms with van der Waals surface area (Å²) in [7, 11) is 1.88. The number of carbonyl (C=O) groups excluding carboxylic acids is 1. The molecule has 1 aliphatic rings. The van der Waals surface area contributed by atoms with E-state index < -0.39 is 0 Å². The summed E-state index contributed by atoms with van der Waals surface area (Å²) in [5.41, 5.74) is 3.28. The minimum Gasteiger partial charge on any atom is -0.368 e. The highest BCUT2D eigenvalue weighted by Gasteiger charge is 2.26. The predicted molar refractivity (Wildman–Crippen MR) is 97.1 cm³/mol. The van der Waals surface area contributed by atoms with Gasteiger partial charge in [-0.05, 0) is 23.6 Å². The highest BCUT2D eigenvalue weighted by atomic mass is 16.5. The predicted octanol–water partition coefficient (Wildman–Crippen LogP) is 2.39. The van der Waals surface area contributed by atoms with Crippen molar-refractivity contribution in [3.8, 4) is 0 Å². The van der Waals surface area contributed by atoms with Crippen LogP contribution in [-0.2, 0) is 18.2 Å². The Balaban J connectivity index is 1.49. The summed E-state index contributed by atoms with van der Waals surface area (Å²) >= 11 is 0. The Bertz CT molecular complexity index is 723. The maximum atomic E-state index is 12.4. The first-order chi connectivity index (χ1) is 12.2. The first kappa shape index (κ1) is 17.2. The van der Waals surface area contributed by atoms with Crippen LogP contribution in [-0.4, -0.2) is 47.0 Å². The fourth-order valence-electron chi connectivity index (χ4n) is 2.96. The van der Waals surface area contributed by atoms with Crippen LogP contribution in [0.25, 0.3) is 6.08 Å². The number of hydrogen-bond acceptors (Lipinski definition) is 3. The first-order valence-corrected chi connectivity index (χ1v) is 8.51. The Hall–Kier alpha value is -2.60. The van der Waals surface area contributed by atoms with Gasteiger partial charge in [-0.15, -0.1) is 0 Å². The van der Waals surface area contributed by atoms with Crippen molar-refractivity contribution in [2.24, 2.45) is 7.05 Å². The standard InChI is InChI=1S/C19H24N4O2/c1-3-15-4-6-16(7-5-15)8-10-20-19(24)23-12-13-25-18(14-23)17-9-11-21-22(17)2/h3-7,9,11,18H,1,8,10,12-14H2,2H3,(H,20,24). The van der Waals surface area contributed by atoms with Gasteiger partial charge in [-0.25, -0.2) is 4.79 Å². The summed E-state index contributed by atoms with van der Waals surface area (Å²) in [6.45, 7) is 6.04. The SMILES string of the molecule is C=Cc1ccc(CCNC(=O)N2CCOC(c3ccnn3C)C2)cc1. The number of benzene rings is 1. The molecule has 2 heterocycles. The van der Waals surface area contributed by atoms with Gasteiger partial charge >= 0.3 is 6.03 Å². The second kappa shape index (κ2) is 7.98. The van der Waals surface area contributed by atoms with Crippen LogP contribution in [0.5, 0.6) is 0 Å². The number of carbonyl (C=O) groups is 1. The summed E-state index contributed by atoms with van der Waals surface area (Å²) in [5, 5.41) is 7.17. The van der Waals surface area contributed by atoms with E-state index in [9.17, 15) is 4.79 Å². The molecule has 1 aliphatic heterocycles. The van der Waals surface area contributed by atoms with Crippen LogP contribution < -0.4 is 5.32 Å². The van der Waals surface area contributed by atoms with Crippen molar-refractivity contribution in [2.45, 2.75) is 12.5 Å². The summed E-state index contributed by atoms with van der Waals surface area (Å²) in [5.74, 6) is 0. The fraction of sp³-hybridized carbons (Fsp3) is 0.368. The van der Waals surface area contributed by atoms with Crippen molar-refractivity contribution < 1.29 is 9.53 Å². The largest absolute Gasteiger partial charge is 0.368 e. The van der Waals surface area contributed by atoms with Crippen LogP contribution >= 0.6 is 0 Å². The lowest BCUT2D eigenvalue weighted by molar-refractivity contribution is -0.0193. The number of morpholine rings is 1. The lowest BCUT2D eigenvalue weighted by Crippen LogP contribution is -2.47. The van der Waals surface area contributed by atoms with Crippen LogP contribution in [0.4, 0.5) is 4.79 Å². The highest BCUT2D eigenvalue weighted by molar-refractivity contribution is 5.74. The maximum Gasteiger partial charge on any atom is 0.317 e. The van der Waals surface area contributed by atoms with Crippen molar-refractivity contribution >= 4 is 12.1 Å². The molecule has 0 radical (unpaired) electrons. The van der Waals surface area contributed by atoms with E-state index in [0.29, 0.717) is 26.2 Å². The number of aromatic nitrogens is 2. The maximum absolute atomic E-state index is 12.4. The van der Waals surface area contributed by atoms with Crippen LogP contribution in [0.1, 0.15) is 22.9 Å². The molecule has 2 aromatic rings. The Morgan fingerprint density at radius 1 is 1.40 bits per heavy atom. The Kier molecular flexibility index (Phi) is 5.50. The van der Waals surface area contributed by atoms with E-state index in [2.05, 4.69) is 29.1 Å². The molecule has 0 spiro atoms. The zero-order valence-electron chi connectivity index (χ0n) is 14.5. The molecule has 1 N–H and O–H groups in total. The zero-order valence-corrected chi connectivity index (χ0v) is 14.5. The molecule has 1 unspecified atom stereocenters. The zero-order chi connectivity index (χ0) is 17.6. The van der Waals surface area contributed by atoms with Gasteiger partial charge in [-0.3, -0.25) is 4.68 Å². The Morgan fingerprint density at radius 3 is 2.88 bits per heavy atom. The van der Waals surface area contributed by atoms with Gasteiger partial charge in [-0.1, -0.05) is 36.9 Å². The van der Waals surface area contributed by atoms with E-state index in [1.54, 1.807) is 10.9 Å². The fourth-order valence-corrected chi connectivity index (χ4v) is 2.96.